The summed E-state index contributed by atoms with van der Waals surface area (Å²) < 4.78 is 4.37. The molecule has 0 spiro atoms. The fourth-order valence-electron chi connectivity index (χ4n) is 1.84. The average Bonchev–Trinajstić information content (AvgIpc) is 2.87. The first kappa shape index (κ1) is 10.8. The lowest BCUT2D eigenvalue weighted by Gasteiger charge is -2.21. The molecule has 1 unspecified atom stereocenters. The Kier molecular flexibility index (Phi) is 3.53. The molecule has 1 fully saturated rings. The molecule has 15 heavy (non-hydrogen) atoms. The van der Waals surface area contributed by atoms with Gasteiger partial charge in [0.2, 0.25) is 5.13 Å². The molecule has 1 N–H and O–H groups in total. The number of likely N-dealkylation sites (N-methyl/N-ethyl adjacent to an activating group) is 1. The van der Waals surface area contributed by atoms with E-state index in [2.05, 4.69) is 33.5 Å². The van der Waals surface area contributed by atoms with Gasteiger partial charge in [0, 0.05) is 37.6 Å². The van der Waals surface area contributed by atoms with Crippen LogP contribution in [0.5, 0.6) is 0 Å². The number of hydrogen-bond acceptors (Lipinski definition) is 5. The molecule has 0 bridgehead atoms. The molecule has 1 aromatic rings. The second-order valence-corrected chi connectivity index (χ2v) is 4.73. The summed E-state index contributed by atoms with van der Waals surface area (Å²) in [6.45, 7) is 4.35. The summed E-state index contributed by atoms with van der Waals surface area (Å²) in [6.07, 6.45) is 3.32. The van der Waals surface area contributed by atoms with Gasteiger partial charge in [0.15, 0.2) is 0 Å². The van der Waals surface area contributed by atoms with E-state index in [0.717, 1.165) is 36.9 Å². The van der Waals surface area contributed by atoms with Gasteiger partial charge in [-0.05, 0) is 19.4 Å². The molecule has 1 aromatic heterocycles. The zero-order valence-electron chi connectivity index (χ0n) is 9.36. The van der Waals surface area contributed by atoms with Crippen LogP contribution in [0.25, 0.3) is 0 Å². The quantitative estimate of drug-likeness (QED) is 0.840. The van der Waals surface area contributed by atoms with Crippen LogP contribution in [0.15, 0.2) is 0 Å². The first-order chi connectivity index (χ1) is 7.31. The van der Waals surface area contributed by atoms with Gasteiger partial charge in [-0.15, -0.1) is 0 Å². The molecule has 84 valence electrons. The number of anilines is 1. The second-order valence-electron chi connectivity index (χ2n) is 4.00. The highest BCUT2D eigenvalue weighted by Crippen LogP contribution is 2.20. The molecular formula is C10H18N4S. The molecule has 1 aliphatic rings. The van der Waals surface area contributed by atoms with Crippen molar-refractivity contribution in [1.82, 2.24) is 14.7 Å². The molecule has 2 heterocycles. The van der Waals surface area contributed by atoms with E-state index in [1.165, 1.54) is 18.0 Å². The van der Waals surface area contributed by atoms with Gasteiger partial charge in [0.1, 0.15) is 5.82 Å². The van der Waals surface area contributed by atoms with Crippen LogP contribution < -0.4 is 10.2 Å². The van der Waals surface area contributed by atoms with Gasteiger partial charge < -0.3 is 10.2 Å². The van der Waals surface area contributed by atoms with E-state index < -0.39 is 0 Å². The number of hydrogen-bond donors (Lipinski definition) is 1. The van der Waals surface area contributed by atoms with Crippen LogP contribution in [0.4, 0.5) is 5.13 Å². The maximum Gasteiger partial charge on any atom is 0.205 e. The predicted molar refractivity (Wildman–Crippen MR) is 63.6 cm³/mol. The summed E-state index contributed by atoms with van der Waals surface area (Å²) >= 11 is 1.52. The monoisotopic (exact) mass is 226 g/mol. The lowest BCUT2D eigenvalue weighted by molar-refractivity contribution is 0.682. The Hall–Kier alpha value is -0.680. The molecule has 0 radical (unpaired) electrons. The highest BCUT2D eigenvalue weighted by atomic mass is 32.1. The SMILES string of the molecule is CCCc1nsc(N(C)C2CCNC2)n1. The molecule has 0 amide bonds. The first-order valence-electron chi connectivity index (χ1n) is 5.57. The third-order valence-corrected chi connectivity index (χ3v) is 3.66. The van der Waals surface area contributed by atoms with Gasteiger partial charge in [-0.1, -0.05) is 6.92 Å². The zero-order chi connectivity index (χ0) is 10.7. The van der Waals surface area contributed by atoms with Crippen LogP contribution in [-0.4, -0.2) is 35.5 Å². The highest BCUT2D eigenvalue weighted by molar-refractivity contribution is 7.09. The minimum absolute atomic E-state index is 0.590. The van der Waals surface area contributed by atoms with E-state index in [1.54, 1.807) is 0 Å². The number of nitrogens with zero attached hydrogens (tertiary/aromatic N) is 3. The summed E-state index contributed by atoms with van der Waals surface area (Å²) in [5.41, 5.74) is 0. The van der Waals surface area contributed by atoms with E-state index in [1.807, 2.05) is 0 Å². The standard InChI is InChI=1S/C10H18N4S/c1-3-4-9-12-10(15-13-9)14(2)8-5-6-11-7-8/h8,11H,3-7H2,1-2H3. The number of aryl methyl sites for hydroxylation is 1. The number of aromatic nitrogens is 2. The lowest BCUT2D eigenvalue weighted by atomic mass is 10.2. The highest BCUT2D eigenvalue weighted by Gasteiger charge is 2.21. The van der Waals surface area contributed by atoms with Crippen molar-refractivity contribution in [3.05, 3.63) is 5.82 Å². The number of nitrogens with one attached hydrogen (secondary N) is 1. The van der Waals surface area contributed by atoms with Crippen LogP contribution in [0, 0.1) is 0 Å². The van der Waals surface area contributed by atoms with Crippen LogP contribution in [0.2, 0.25) is 0 Å². The second kappa shape index (κ2) is 4.90. The normalized spacial score (nSPS) is 20.8. The topological polar surface area (TPSA) is 41.1 Å². The Morgan fingerprint density at radius 2 is 2.47 bits per heavy atom. The lowest BCUT2D eigenvalue weighted by Crippen LogP contribution is -2.33. The van der Waals surface area contributed by atoms with Crippen molar-refractivity contribution in [2.24, 2.45) is 0 Å². The summed E-state index contributed by atoms with van der Waals surface area (Å²) in [5.74, 6) is 0.996. The van der Waals surface area contributed by atoms with Crippen molar-refractivity contribution in [3.63, 3.8) is 0 Å². The van der Waals surface area contributed by atoms with Gasteiger partial charge in [-0.2, -0.15) is 4.37 Å². The molecule has 2 rings (SSSR count). The van der Waals surface area contributed by atoms with Crippen LogP contribution in [-0.2, 0) is 6.42 Å². The minimum atomic E-state index is 0.590. The Morgan fingerprint density at radius 3 is 3.13 bits per heavy atom. The molecule has 1 atom stereocenters. The third kappa shape index (κ3) is 2.46. The molecule has 0 aliphatic carbocycles. The minimum Gasteiger partial charge on any atom is -0.346 e. The van der Waals surface area contributed by atoms with Gasteiger partial charge >= 0.3 is 0 Å². The van der Waals surface area contributed by atoms with Gasteiger partial charge in [-0.25, -0.2) is 4.98 Å². The van der Waals surface area contributed by atoms with Gasteiger partial charge in [0.25, 0.3) is 0 Å². The Morgan fingerprint density at radius 1 is 1.60 bits per heavy atom. The smallest absolute Gasteiger partial charge is 0.205 e. The molecule has 1 aliphatic heterocycles. The van der Waals surface area contributed by atoms with Crippen molar-refractivity contribution >= 4 is 16.7 Å². The average molecular weight is 226 g/mol. The molecular weight excluding hydrogens is 208 g/mol. The Bertz CT molecular complexity index is 306. The van der Waals surface area contributed by atoms with Crippen molar-refractivity contribution in [2.45, 2.75) is 32.2 Å². The molecule has 1 saturated heterocycles. The Balaban J connectivity index is 2.00. The van der Waals surface area contributed by atoms with Crippen molar-refractivity contribution in [1.29, 1.82) is 0 Å². The van der Waals surface area contributed by atoms with Crippen LogP contribution in [0.1, 0.15) is 25.6 Å². The van der Waals surface area contributed by atoms with Crippen LogP contribution >= 0.6 is 11.5 Å². The molecule has 5 heteroatoms. The van der Waals surface area contributed by atoms with Crippen LogP contribution in [0.3, 0.4) is 0 Å². The summed E-state index contributed by atoms with van der Waals surface area (Å²) in [7, 11) is 2.12. The maximum atomic E-state index is 4.55. The summed E-state index contributed by atoms with van der Waals surface area (Å²) in [5, 5.41) is 4.43. The van der Waals surface area contributed by atoms with E-state index in [9.17, 15) is 0 Å². The largest absolute Gasteiger partial charge is 0.346 e. The van der Waals surface area contributed by atoms with E-state index in [4.69, 9.17) is 0 Å². The van der Waals surface area contributed by atoms with E-state index >= 15 is 0 Å². The number of rotatable bonds is 4. The first-order valence-corrected chi connectivity index (χ1v) is 6.34. The zero-order valence-corrected chi connectivity index (χ0v) is 10.2. The molecule has 4 nitrogen and oxygen atoms in total. The van der Waals surface area contributed by atoms with Crippen molar-refractivity contribution in [2.75, 3.05) is 25.0 Å². The van der Waals surface area contributed by atoms with Crippen molar-refractivity contribution in [3.8, 4) is 0 Å². The van der Waals surface area contributed by atoms with Gasteiger partial charge in [0.05, 0.1) is 0 Å². The maximum absolute atomic E-state index is 4.55. The summed E-state index contributed by atoms with van der Waals surface area (Å²) in [4.78, 5) is 6.81. The fourth-order valence-corrected chi connectivity index (χ4v) is 2.58. The predicted octanol–water partition coefficient (Wildman–Crippen LogP) is 1.29. The van der Waals surface area contributed by atoms with Crippen molar-refractivity contribution < 1.29 is 0 Å². The Labute approximate surface area is 94.9 Å². The fraction of sp³-hybridized carbons (Fsp3) is 0.800. The molecule has 0 aromatic carbocycles. The van der Waals surface area contributed by atoms with Gasteiger partial charge in [-0.3, -0.25) is 0 Å². The summed E-state index contributed by atoms with van der Waals surface area (Å²) in [6, 6.07) is 0.590. The van der Waals surface area contributed by atoms with E-state index in [-0.39, 0.29) is 0 Å². The third-order valence-electron chi connectivity index (χ3n) is 2.81. The van der Waals surface area contributed by atoms with E-state index in [0.29, 0.717) is 6.04 Å². The molecule has 0 saturated carbocycles.